The number of aliphatic hydroxyl groups excluding tert-OH is 1. The van der Waals surface area contributed by atoms with Crippen molar-refractivity contribution in [2.24, 2.45) is 0 Å². The molecule has 0 saturated carbocycles. The molecule has 0 aliphatic rings. The first-order valence-corrected chi connectivity index (χ1v) is 4.44. The summed E-state index contributed by atoms with van der Waals surface area (Å²) in [6.45, 7) is 9.81. The van der Waals surface area contributed by atoms with Gasteiger partial charge in [-0.15, -0.1) is 0 Å². The normalized spacial score (nSPS) is 11.4. The molecule has 0 aliphatic carbocycles. The Morgan fingerprint density at radius 3 is 1.29 bits per heavy atom. The molecule has 0 amide bonds. The third-order valence-corrected chi connectivity index (χ3v) is 1.02. The Kier molecular flexibility index (Phi) is 16.0. The molecule has 4 nitrogen and oxygen atoms in total. The van der Waals surface area contributed by atoms with Gasteiger partial charge >= 0.3 is 5.97 Å². The Balaban J connectivity index is -0.000000163. The van der Waals surface area contributed by atoms with Crippen molar-refractivity contribution in [1.29, 1.82) is 0 Å². The van der Waals surface area contributed by atoms with E-state index in [1.165, 1.54) is 6.92 Å². The third-order valence-electron chi connectivity index (χ3n) is 1.02. The van der Waals surface area contributed by atoms with Crippen LogP contribution in [0.4, 0.5) is 0 Å². The Morgan fingerprint density at radius 2 is 1.29 bits per heavy atom. The smallest absolute Gasteiger partial charge is 0.332 e. The molecular formula is C9H21NO3Zr. The Bertz CT molecular complexity index is 132. The standard InChI is InChI=1S/C6H15N.C3H6O3.Zr/c1-5(2)7-6(3)4;1-2(4)3(5)6;/h5-7H,1-4H3;2,4H,1H3,(H,5,6);. The first-order valence-electron chi connectivity index (χ1n) is 4.44. The van der Waals surface area contributed by atoms with Crippen LogP contribution in [-0.2, 0) is 31.0 Å². The summed E-state index contributed by atoms with van der Waals surface area (Å²) in [4.78, 5) is 9.45. The molecule has 0 saturated heterocycles. The molecule has 0 radical (unpaired) electrons. The summed E-state index contributed by atoms with van der Waals surface area (Å²) in [7, 11) is 0. The van der Waals surface area contributed by atoms with Gasteiger partial charge < -0.3 is 15.5 Å². The zero-order valence-electron chi connectivity index (χ0n) is 9.53. The van der Waals surface area contributed by atoms with E-state index in [9.17, 15) is 4.79 Å². The minimum atomic E-state index is -1.23. The maximum absolute atomic E-state index is 9.45. The molecule has 0 aromatic rings. The SMILES string of the molecule is CC(C)NC(C)C.CC(O)C(=O)O.[Zr]. The summed E-state index contributed by atoms with van der Waals surface area (Å²) in [5, 5.41) is 19.1. The molecule has 0 fully saturated rings. The van der Waals surface area contributed by atoms with Gasteiger partial charge in [-0.1, -0.05) is 27.7 Å². The fraction of sp³-hybridized carbons (Fsp3) is 0.889. The molecule has 1 unspecified atom stereocenters. The second-order valence-corrected chi connectivity index (χ2v) is 3.49. The zero-order valence-corrected chi connectivity index (χ0v) is 12.0. The number of hydrogen-bond acceptors (Lipinski definition) is 3. The van der Waals surface area contributed by atoms with Gasteiger partial charge in [-0.05, 0) is 6.92 Å². The quantitative estimate of drug-likeness (QED) is 0.717. The van der Waals surface area contributed by atoms with Crippen LogP contribution in [0, 0.1) is 0 Å². The van der Waals surface area contributed by atoms with Gasteiger partial charge in [-0.2, -0.15) is 0 Å². The maximum Gasteiger partial charge on any atom is 0.332 e. The van der Waals surface area contributed by atoms with Crippen molar-refractivity contribution >= 4 is 5.97 Å². The van der Waals surface area contributed by atoms with E-state index >= 15 is 0 Å². The average molecular weight is 282 g/mol. The predicted molar refractivity (Wildman–Crippen MR) is 52.7 cm³/mol. The topological polar surface area (TPSA) is 69.6 Å². The zero-order chi connectivity index (χ0) is 11.0. The van der Waals surface area contributed by atoms with Crippen LogP contribution in [0.5, 0.6) is 0 Å². The van der Waals surface area contributed by atoms with Gasteiger partial charge in [0.25, 0.3) is 0 Å². The van der Waals surface area contributed by atoms with Crippen molar-refractivity contribution in [3.63, 3.8) is 0 Å². The molecule has 3 N–H and O–H groups in total. The van der Waals surface area contributed by atoms with E-state index in [1.54, 1.807) is 0 Å². The van der Waals surface area contributed by atoms with Crippen LogP contribution in [0.15, 0.2) is 0 Å². The number of hydrogen-bond donors (Lipinski definition) is 3. The second kappa shape index (κ2) is 11.3. The van der Waals surface area contributed by atoms with E-state index in [-0.39, 0.29) is 26.2 Å². The molecule has 0 heterocycles. The van der Waals surface area contributed by atoms with E-state index < -0.39 is 12.1 Å². The molecule has 0 aromatic carbocycles. The van der Waals surface area contributed by atoms with Crippen molar-refractivity contribution in [3.8, 4) is 0 Å². The molecule has 0 aromatic heterocycles. The fourth-order valence-electron chi connectivity index (χ4n) is 0.667. The fourth-order valence-corrected chi connectivity index (χ4v) is 0.667. The van der Waals surface area contributed by atoms with Crippen molar-refractivity contribution in [3.05, 3.63) is 0 Å². The second-order valence-electron chi connectivity index (χ2n) is 3.49. The average Bonchev–Trinajstić information content (AvgIpc) is 1.84. The number of carbonyl (C=O) groups is 1. The van der Waals surface area contributed by atoms with Gasteiger partial charge in [0.2, 0.25) is 0 Å². The van der Waals surface area contributed by atoms with Crippen LogP contribution in [0.1, 0.15) is 34.6 Å². The monoisotopic (exact) mass is 281 g/mol. The Labute approximate surface area is 105 Å². The van der Waals surface area contributed by atoms with Crippen LogP contribution in [0.25, 0.3) is 0 Å². The van der Waals surface area contributed by atoms with Crippen molar-refractivity contribution < 1.29 is 41.2 Å². The largest absolute Gasteiger partial charge is 0.479 e. The van der Waals surface area contributed by atoms with Crippen molar-refractivity contribution in [2.75, 3.05) is 0 Å². The third kappa shape index (κ3) is 22.8. The van der Waals surface area contributed by atoms with Gasteiger partial charge in [-0.25, -0.2) is 4.79 Å². The van der Waals surface area contributed by atoms with Gasteiger partial charge in [0.05, 0.1) is 0 Å². The van der Waals surface area contributed by atoms with Gasteiger partial charge in [0.1, 0.15) is 6.10 Å². The number of nitrogens with one attached hydrogen (secondary N) is 1. The number of rotatable bonds is 3. The molecule has 0 rings (SSSR count). The molecule has 1 atom stereocenters. The Morgan fingerprint density at radius 1 is 1.07 bits per heavy atom. The maximum atomic E-state index is 9.45. The molecule has 84 valence electrons. The first kappa shape index (κ1) is 19.8. The summed E-state index contributed by atoms with van der Waals surface area (Å²) in [5.41, 5.74) is 0. The number of carboxylic acids is 1. The van der Waals surface area contributed by atoms with E-state index in [2.05, 4.69) is 33.0 Å². The van der Waals surface area contributed by atoms with Gasteiger partial charge in [0, 0.05) is 38.3 Å². The van der Waals surface area contributed by atoms with Crippen molar-refractivity contribution in [1.82, 2.24) is 5.32 Å². The van der Waals surface area contributed by atoms with Crippen LogP contribution >= 0.6 is 0 Å². The molecule has 14 heavy (non-hydrogen) atoms. The predicted octanol–water partition coefficient (Wildman–Crippen LogP) is 0.842. The summed E-state index contributed by atoms with van der Waals surface area (Å²) in [5.74, 6) is -1.19. The molecular weight excluding hydrogens is 261 g/mol. The molecule has 5 heteroatoms. The minimum Gasteiger partial charge on any atom is -0.479 e. The summed E-state index contributed by atoms with van der Waals surface area (Å²) in [6, 6.07) is 1.25. The van der Waals surface area contributed by atoms with E-state index in [1.807, 2.05) is 0 Å². The number of aliphatic hydroxyl groups is 1. The summed E-state index contributed by atoms with van der Waals surface area (Å²) in [6.07, 6.45) is -1.23. The summed E-state index contributed by atoms with van der Waals surface area (Å²) >= 11 is 0. The first-order chi connectivity index (χ1) is 5.77. The van der Waals surface area contributed by atoms with Crippen LogP contribution in [0.2, 0.25) is 0 Å². The molecule has 0 spiro atoms. The van der Waals surface area contributed by atoms with E-state index in [4.69, 9.17) is 10.2 Å². The van der Waals surface area contributed by atoms with Crippen LogP contribution < -0.4 is 5.32 Å². The van der Waals surface area contributed by atoms with Crippen LogP contribution in [0.3, 0.4) is 0 Å². The number of aliphatic carboxylic acids is 1. The summed E-state index contributed by atoms with van der Waals surface area (Å²) < 4.78 is 0. The minimum absolute atomic E-state index is 0. The van der Waals surface area contributed by atoms with Crippen molar-refractivity contribution in [2.45, 2.75) is 52.8 Å². The van der Waals surface area contributed by atoms with Crippen LogP contribution in [-0.4, -0.2) is 34.4 Å². The molecule has 0 bridgehead atoms. The Hall–Kier alpha value is 0.273. The van der Waals surface area contributed by atoms with E-state index in [0.717, 1.165) is 0 Å². The van der Waals surface area contributed by atoms with Gasteiger partial charge in [0.15, 0.2) is 0 Å². The van der Waals surface area contributed by atoms with E-state index in [0.29, 0.717) is 12.1 Å². The van der Waals surface area contributed by atoms with Gasteiger partial charge in [-0.3, -0.25) is 0 Å². The number of carboxylic acid groups (broad SMARTS) is 1. The molecule has 0 aliphatic heterocycles.